The van der Waals surface area contributed by atoms with Crippen molar-refractivity contribution < 1.29 is 4.39 Å². The minimum atomic E-state index is -0.151. The summed E-state index contributed by atoms with van der Waals surface area (Å²) < 4.78 is 14.4. The Morgan fingerprint density at radius 1 is 1.20 bits per heavy atom. The van der Waals surface area contributed by atoms with E-state index >= 15 is 0 Å². The topological polar surface area (TPSA) is 15.3 Å². The van der Waals surface area contributed by atoms with E-state index in [1.54, 1.807) is 6.07 Å². The molecule has 2 aliphatic rings. The molecule has 110 valence electrons. The summed E-state index contributed by atoms with van der Waals surface area (Å²) in [6.45, 7) is 3.15. The Bertz CT molecular complexity index is 440. The third-order valence-corrected chi connectivity index (χ3v) is 4.99. The average Bonchev–Trinajstić information content (AvgIpc) is 2.92. The van der Waals surface area contributed by atoms with Gasteiger partial charge in [-0.2, -0.15) is 0 Å². The van der Waals surface area contributed by atoms with Gasteiger partial charge in [0, 0.05) is 23.1 Å². The molecule has 0 saturated carbocycles. The van der Waals surface area contributed by atoms with Gasteiger partial charge in [0.1, 0.15) is 5.82 Å². The Morgan fingerprint density at radius 2 is 2.10 bits per heavy atom. The summed E-state index contributed by atoms with van der Waals surface area (Å²) in [6.07, 6.45) is 6.44. The number of piperidine rings is 1. The SMILES string of the molecule is Fc1cc(Br)cc(CN2CCCCC2C2CCCN2)c1. The van der Waals surface area contributed by atoms with Gasteiger partial charge in [-0.1, -0.05) is 22.4 Å². The summed E-state index contributed by atoms with van der Waals surface area (Å²) in [6, 6.07) is 6.48. The van der Waals surface area contributed by atoms with Gasteiger partial charge in [-0.15, -0.1) is 0 Å². The molecule has 2 atom stereocenters. The van der Waals surface area contributed by atoms with Gasteiger partial charge in [0.2, 0.25) is 0 Å². The summed E-state index contributed by atoms with van der Waals surface area (Å²) in [7, 11) is 0. The maximum atomic E-state index is 13.5. The molecule has 4 heteroatoms. The van der Waals surface area contributed by atoms with E-state index < -0.39 is 0 Å². The van der Waals surface area contributed by atoms with E-state index in [4.69, 9.17) is 0 Å². The molecule has 2 aliphatic heterocycles. The third-order valence-electron chi connectivity index (χ3n) is 4.54. The van der Waals surface area contributed by atoms with Crippen molar-refractivity contribution in [2.75, 3.05) is 13.1 Å². The van der Waals surface area contributed by atoms with Crippen molar-refractivity contribution in [1.82, 2.24) is 10.2 Å². The highest BCUT2D eigenvalue weighted by molar-refractivity contribution is 9.10. The van der Waals surface area contributed by atoms with Crippen LogP contribution in [0.4, 0.5) is 4.39 Å². The number of nitrogens with zero attached hydrogens (tertiary/aromatic N) is 1. The minimum Gasteiger partial charge on any atom is -0.312 e. The Kier molecular flexibility index (Phi) is 4.74. The van der Waals surface area contributed by atoms with Gasteiger partial charge in [-0.3, -0.25) is 4.90 Å². The second-order valence-electron chi connectivity index (χ2n) is 6.01. The van der Waals surface area contributed by atoms with Crippen LogP contribution in [0.2, 0.25) is 0 Å². The molecule has 0 aromatic heterocycles. The molecule has 1 N–H and O–H groups in total. The summed E-state index contributed by atoms with van der Waals surface area (Å²) in [4.78, 5) is 2.55. The van der Waals surface area contributed by atoms with Crippen LogP contribution >= 0.6 is 15.9 Å². The molecule has 2 nitrogen and oxygen atoms in total. The lowest BCUT2D eigenvalue weighted by molar-refractivity contribution is 0.112. The quantitative estimate of drug-likeness (QED) is 0.902. The third kappa shape index (κ3) is 3.41. The predicted octanol–water partition coefficient (Wildman–Crippen LogP) is 3.69. The number of likely N-dealkylation sites (tertiary alicyclic amines) is 1. The zero-order chi connectivity index (χ0) is 13.9. The van der Waals surface area contributed by atoms with E-state index in [0.29, 0.717) is 12.1 Å². The molecule has 2 fully saturated rings. The zero-order valence-corrected chi connectivity index (χ0v) is 13.3. The smallest absolute Gasteiger partial charge is 0.124 e. The van der Waals surface area contributed by atoms with Crippen LogP contribution in [0.15, 0.2) is 22.7 Å². The first-order chi connectivity index (χ1) is 9.72. The van der Waals surface area contributed by atoms with Gasteiger partial charge in [-0.25, -0.2) is 4.39 Å². The van der Waals surface area contributed by atoms with E-state index in [2.05, 4.69) is 26.1 Å². The van der Waals surface area contributed by atoms with Crippen molar-refractivity contribution in [2.24, 2.45) is 0 Å². The van der Waals surface area contributed by atoms with Crippen molar-refractivity contribution in [3.63, 3.8) is 0 Å². The molecular weight excluding hydrogens is 319 g/mol. The molecular formula is C16H22BrFN2. The number of nitrogens with one attached hydrogen (secondary N) is 1. The molecule has 2 heterocycles. The van der Waals surface area contributed by atoms with Gasteiger partial charge >= 0.3 is 0 Å². The molecule has 3 rings (SSSR count). The monoisotopic (exact) mass is 340 g/mol. The summed E-state index contributed by atoms with van der Waals surface area (Å²) in [5, 5.41) is 3.64. The van der Waals surface area contributed by atoms with Crippen LogP contribution in [-0.2, 0) is 6.54 Å². The second-order valence-corrected chi connectivity index (χ2v) is 6.93. The largest absolute Gasteiger partial charge is 0.312 e. The maximum Gasteiger partial charge on any atom is 0.124 e. The van der Waals surface area contributed by atoms with Gasteiger partial charge in [0.15, 0.2) is 0 Å². The Hall–Kier alpha value is -0.450. The lowest BCUT2D eigenvalue weighted by atomic mass is 9.94. The molecule has 1 aromatic carbocycles. The predicted molar refractivity (Wildman–Crippen MR) is 83.2 cm³/mol. The highest BCUT2D eigenvalue weighted by Gasteiger charge is 2.31. The van der Waals surface area contributed by atoms with Gasteiger partial charge in [-0.05, 0) is 62.5 Å². The van der Waals surface area contributed by atoms with Crippen LogP contribution in [0.1, 0.15) is 37.7 Å². The van der Waals surface area contributed by atoms with Crippen LogP contribution in [0.25, 0.3) is 0 Å². The number of hydrogen-bond acceptors (Lipinski definition) is 2. The number of halogens is 2. The Balaban J connectivity index is 1.72. The Labute approximate surface area is 128 Å². The summed E-state index contributed by atoms with van der Waals surface area (Å²) >= 11 is 3.39. The van der Waals surface area contributed by atoms with Crippen LogP contribution in [0.3, 0.4) is 0 Å². The Morgan fingerprint density at radius 3 is 2.85 bits per heavy atom. The van der Waals surface area contributed by atoms with Gasteiger partial charge in [0.25, 0.3) is 0 Å². The fourth-order valence-electron chi connectivity index (χ4n) is 3.65. The van der Waals surface area contributed by atoms with Crippen molar-refractivity contribution in [3.8, 4) is 0 Å². The minimum absolute atomic E-state index is 0.151. The molecule has 0 amide bonds. The van der Waals surface area contributed by atoms with Crippen LogP contribution in [0, 0.1) is 5.82 Å². The van der Waals surface area contributed by atoms with E-state index in [1.807, 2.05) is 6.07 Å². The van der Waals surface area contributed by atoms with Crippen LogP contribution in [-0.4, -0.2) is 30.1 Å². The first-order valence-electron chi connectivity index (χ1n) is 7.65. The molecule has 20 heavy (non-hydrogen) atoms. The molecule has 2 unspecified atom stereocenters. The summed E-state index contributed by atoms with van der Waals surface area (Å²) in [5.74, 6) is -0.151. The molecule has 2 saturated heterocycles. The van der Waals surface area contributed by atoms with Crippen molar-refractivity contribution in [2.45, 2.75) is 50.7 Å². The van der Waals surface area contributed by atoms with Crippen molar-refractivity contribution in [3.05, 3.63) is 34.1 Å². The number of benzene rings is 1. The van der Waals surface area contributed by atoms with E-state index in [0.717, 1.165) is 29.7 Å². The average molecular weight is 341 g/mol. The summed E-state index contributed by atoms with van der Waals surface area (Å²) in [5.41, 5.74) is 1.07. The van der Waals surface area contributed by atoms with Crippen molar-refractivity contribution >= 4 is 15.9 Å². The first-order valence-corrected chi connectivity index (χ1v) is 8.44. The van der Waals surface area contributed by atoms with Crippen LogP contribution < -0.4 is 5.32 Å². The van der Waals surface area contributed by atoms with E-state index in [9.17, 15) is 4.39 Å². The molecule has 0 radical (unpaired) electrons. The molecule has 1 aromatic rings. The highest BCUT2D eigenvalue weighted by Crippen LogP contribution is 2.26. The van der Waals surface area contributed by atoms with E-state index in [1.165, 1.54) is 38.2 Å². The molecule has 0 spiro atoms. The number of rotatable bonds is 3. The second kappa shape index (κ2) is 6.54. The molecule has 0 bridgehead atoms. The lowest BCUT2D eigenvalue weighted by Crippen LogP contribution is -2.49. The van der Waals surface area contributed by atoms with Crippen molar-refractivity contribution in [1.29, 1.82) is 0 Å². The number of hydrogen-bond donors (Lipinski definition) is 1. The van der Waals surface area contributed by atoms with E-state index in [-0.39, 0.29) is 5.82 Å². The lowest BCUT2D eigenvalue weighted by Gasteiger charge is -2.39. The fraction of sp³-hybridized carbons (Fsp3) is 0.625. The standard InChI is InChI=1S/C16H22BrFN2/c17-13-8-12(9-14(18)10-13)11-20-7-2-1-5-16(20)15-4-3-6-19-15/h8-10,15-16,19H,1-7,11H2. The maximum absolute atomic E-state index is 13.5. The fourth-order valence-corrected chi connectivity index (χ4v) is 4.16. The van der Waals surface area contributed by atoms with Gasteiger partial charge < -0.3 is 5.32 Å². The zero-order valence-electron chi connectivity index (χ0n) is 11.7. The first kappa shape index (κ1) is 14.5. The van der Waals surface area contributed by atoms with Crippen LogP contribution in [0.5, 0.6) is 0 Å². The highest BCUT2D eigenvalue weighted by atomic mass is 79.9. The van der Waals surface area contributed by atoms with Gasteiger partial charge in [0.05, 0.1) is 0 Å². The molecule has 0 aliphatic carbocycles. The normalized spacial score (nSPS) is 27.9.